The summed E-state index contributed by atoms with van der Waals surface area (Å²) in [5, 5.41) is 0. The Balaban J connectivity index is 2.31. The number of hydrogen-bond acceptors (Lipinski definition) is 0. The van der Waals surface area contributed by atoms with Gasteiger partial charge in [0.25, 0.3) is 0 Å². The van der Waals surface area contributed by atoms with Crippen molar-refractivity contribution < 1.29 is 9.48 Å². The number of nitrogens with zero attached hydrogens (tertiary/aromatic N) is 1. The molecule has 61 valence electrons. The van der Waals surface area contributed by atoms with Crippen LogP contribution in [0.3, 0.4) is 0 Å². The summed E-state index contributed by atoms with van der Waals surface area (Å²) in [6, 6.07) is 1.11. The minimum Gasteiger partial charge on any atom is -0.256 e. The predicted molar refractivity (Wildman–Crippen MR) is 47.6 cm³/mol. The summed E-state index contributed by atoms with van der Waals surface area (Å²) in [7, 11) is 5.71. The molecule has 3 heteroatoms. The SMILES string of the molecule is C[NH+]1C=[N+](CCC[Si])CCC1. The second-order valence-electron chi connectivity index (χ2n) is 3.22. The van der Waals surface area contributed by atoms with Crippen molar-refractivity contribution in [2.75, 3.05) is 26.7 Å². The zero-order valence-electron chi connectivity index (χ0n) is 7.27. The van der Waals surface area contributed by atoms with Crippen molar-refractivity contribution in [3.8, 4) is 0 Å². The molecule has 0 bridgehead atoms. The predicted octanol–water partition coefficient (Wildman–Crippen LogP) is -1.08. The lowest BCUT2D eigenvalue weighted by Crippen LogP contribution is -3.09. The first-order valence-electron chi connectivity index (χ1n) is 4.39. The first kappa shape index (κ1) is 8.94. The van der Waals surface area contributed by atoms with E-state index >= 15 is 0 Å². The molecule has 0 saturated heterocycles. The Kier molecular flexibility index (Phi) is 3.79. The zero-order chi connectivity index (χ0) is 8.10. The van der Waals surface area contributed by atoms with Crippen molar-refractivity contribution in [2.45, 2.75) is 18.9 Å². The van der Waals surface area contributed by atoms with Gasteiger partial charge in [0.05, 0.1) is 20.0 Å². The van der Waals surface area contributed by atoms with E-state index in [-0.39, 0.29) is 0 Å². The first-order valence-corrected chi connectivity index (χ1v) is 5.09. The van der Waals surface area contributed by atoms with Crippen molar-refractivity contribution in [2.24, 2.45) is 0 Å². The first-order chi connectivity index (χ1) is 5.33. The van der Waals surface area contributed by atoms with Crippen LogP contribution in [0.5, 0.6) is 0 Å². The maximum atomic E-state index is 3.49. The van der Waals surface area contributed by atoms with E-state index in [1.165, 1.54) is 37.4 Å². The lowest BCUT2D eigenvalue weighted by atomic mass is 10.3. The van der Waals surface area contributed by atoms with Gasteiger partial charge in [0.1, 0.15) is 6.54 Å². The van der Waals surface area contributed by atoms with Crippen LogP contribution in [0.25, 0.3) is 0 Å². The molecule has 0 spiro atoms. The van der Waals surface area contributed by atoms with Crippen LogP contribution in [0.1, 0.15) is 12.8 Å². The molecule has 0 amide bonds. The molecular weight excluding hydrogens is 152 g/mol. The van der Waals surface area contributed by atoms with Crippen molar-refractivity contribution in [3.63, 3.8) is 0 Å². The lowest BCUT2D eigenvalue weighted by molar-refractivity contribution is -0.819. The average Bonchev–Trinajstić information content (AvgIpc) is 2.01. The molecule has 1 heterocycles. The molecule has 1 aliphatic heterocycles. The summed E-state index contributed by atoms with van der Waals surface area (Å²) < 4.78 is 2.43. The third kappa shape index (κ3) is 3.16. The van der Waals surface area contributed by atoms with E-state index in [0.29, 0.717) is 0 Å². The summed E-state index contributed by atoms with van der Waals surface area (Å²) in [4.78, 5) is 1.53. The zero-order valence-corrected chi connectivity index (χ0v) is 8.27. The molecule has 2 nitrogen and oxygen atoms in total. The average molecular weight is 169 g/mol. The van der Waals surface area contributed by atoms with Crippen molar-refractivity contribution in [1.82, 2.24) is 0 Å². The van der Waals surface area contributed by atoms with Gasteiger partial charge >= 0.3 is 6.34 Å². The fourth-order valence-corrected chi connectivity index (χ4v) is 1.62. The highest BCUT2D eigenvalue weighted by atomic mass is 28.1. The van der Waals surface area contributed by atoms with E-state index in [4.69, 9.17) is 0 Å². The minimum atomic E-state index is 1.11. The molecule has 1 aliphatic rings. The molecule has 1 unspecified atom stereocenters. The monoisotopic (exact) mass is 169 g/mol. The van der Waals surface area contributed by atoms with Crippen LogP contribution in [0.2, 0.25) is 6.04 Å². The fourth-order valence-electron chi connectivity index (χ4n) is 1.46. The van der Waals surface area contributed by atoms with Gasteiger partial charge in [-0.1, -0.05) is 6.04 Å². The Morgan fingerprint density at radius 3 is 3.09 bits per heavy atom. The number of nitrogens with one attached hydrogen (secondary N) is 1. The molecule has 1 rings (SSSR count). The normalized spacial score (nSPS) is 24.9. The topological polar surface area (TPSA) is 7.45 Å². The molecule has 0 aliphatic carbocycles. The molecule has 0 aromatic heterocycles. The molecule has 0 saturated carbocycles. The fraction of sp³-hybridized carbons (Fsp3) is 0.875. The second kappa shape index (κ2) is 4.67. The molecule has 1 atom stereocenters. The van der Waals surface area contributed by atoms with Crippen LogP contribution in [0.4, 0.5) is 0 Å². The van der Waals surface area contributed by atoms with Gasteiger partial charge in [-0.3, -0.25) is 4.90 Å². The lowest BCUT2D eigenvalue weighted by Gasteiger charge is -2.12. The summed E-state index contributed by atoms with van der Waals surface area (Å²) in [5.74, 6) is 0. The van der Waals surface area contributed by atoms with Gasteiger partial charge in [0.15, 0.2) is 6.54 Å². The molecule has 0 aromatic carbocycles. The van der Waals surface area contributed by atoms with Gasteiger partial charge in [-0.25, -0.2) is 0 Å². The highest BCUT2D eigenvalue weighted by Crippen LogP contribution is 1.88. The number of rotatable bonds is 3. The maximum absolute atomic E-state index is 3.49. The largest absolute Gasteiger partial charge is 0.324 e. The Morgan fingerprint density at radius 1 is 1.64 bits per heavy atom. The van der Waals surface area contributed by atoms with E-state index in [1.807, 2.05) is 0 Å². The maximum Gasteiger partial charge on any atom is 0.324 e. The van der Waals surface area contributed by atoms with E-state index in [2.05, 4.69) is 28.2 Å². The van der Waals surface area contributed by atoms with Crippen LogP contribution in [-0.2, 0) is 0 Å². The van der Waals surface area contributed by atoms with Crippen LogP contribution in [0, 0.1) is 0 Å². The van der Waals surface area contributed by atoms with Gasteiger partial charge in [-0.05, 0) is 0 Å². The van der Waals surface area contributed by atoms with Gasteiger partial charge in [0, 0.05) is 16.7 Å². The van der Waals surface area contributed by atoms with Crippen molar-refractivity contribution in [3.05, 3.63) is 0 Å². The van der Waals surface area contributed by atoms with E-state index in [9.17, 15) is 0 Å². The second-order valence-corrected chi connectivity index (χ2v) is 3.72. The molecule has 1 N–H and O–H groups in total. The molecule has 3 radical (unpaired) electrons. The smallest absolute Gasteiger partial charge is 0.256 e. The standard InChI is InChI=1S/C8H16N2Si/c1-9-4-2-5-10(8-9)6-3-7-11/h8H,2-7H2,1H3/q+1/p+1. The summed E-state index contributed by atoms with van der Waals surface area (Å²) in [5.41, 5.74) is 0. The van der Waals surface area contributed by atoms with Crippen LogP contribution >= 0.6 is 0 Å². The molecular formula is C8H17N2Si+2. The molecule has 0 fully saturated rings. The Labute approximate surface area is 72.3 Å². The summed E-state index contributed by atoms with van der Waals surface area (Å²) >= 11 is 0. The summed E-state index contributed by atoms with van der Waals surface area (Å²) in [6.45, 7) is 3.76. The summed E-state index contributed by atoms with van der Waals surface area (Å²) in [6.07, 6.45) is 4.90. The van der Waals surface area contributed by atoms with Gasteiger partial charge < -0.3 is 0 Å². The van der Waals surface area contributed by atoms with Crippen molar-refractivity contribution in [1.29, 1.82) is 0 Å². The Bertz CT molecular complexity index is 145. The van der Waals surface area contributed by atoms with E-state index < -0.39 is 0 Å². The third-order valence-electron chi connectivity index (χ3n) is 2.04. The van der Waals surface area contributed by atoms with Crippen LogP contribution < -0.4 is 4.90 Å². The number of quaternary nitrogens is 1. The quantitative estimate of drug-likeness (QED) is 0.406. The highest BCUT2D eigenvalue weighted by Gasteiger charge is 2.15. The Hall–Kier alpha value is -0.153. The number of hydrogen-bond donors (Lipinski definition) is 1. The van der Waals surface area contributed by atoms with Gasteiger partial charge in [0.2, 0.25) is 0 Å². The van der Waals surface area contributed by atoms with Crippen molar-refractivity contribution >= 4 is 16.6 Å². The van der Waals surface area contributed by atoms with Gasteiger partial charge in [-0.2, -0.15) is 4.58 Å². The molecule has 0 aromatic rings. The van der Waals surface area contributed by atoms with E-state index in [0.717, 1.165) is 6.04 Å². The van der Waals surface area contributed by atoms with E-state index in [1.54, 1.807) is 0 Å². The minimum absolute atomic E-state index is 1.11. The van der Waals surface area contributed by atoms with Crippen LogP contribution in [-0.4, -0.2) is 47.8 Å². The highest BCUT2D eigenvalue weighted by molar-refractivity contribution is 6.08. The molecule has 11 heavy (non-hydrogen) atoms. The Morgan fingerprint density at radius 2 is 2.45 bits per heavy atom. The third-order valence-corrected chi connectivity index (χ3v) is 2.40. The van der Waals surface area contributed by atoms with Gasteiger partial charge in [-0.15, -0.1) is 0 Å². The van der Waals surface area contributed by atoms with Crippen LogP contribution in [0.15, 0.2) is 0 Å².